The fourth-order valence-corrected chi connectivity index (χ4v) is 7.34. The standard InChI is InChI=1S/C20H14Br4O5/c21-11-5-9-13(7-3-1-2-4-8(7)20(27)28)10-6-12(22)17(26)15(24)19(10)29-18(9)14(23)16(11)25/h1-5,10,12-13,15,19,25H,6H2,(H,27,28). The van der Waals surface area contributed by atoms with Crippen LogP contribution in [0.5, 0.6) is 11.5 Å². The first-order valence-corrected chi connectivity index (χ1v) is 12.2. The highest BCUT2D eigenvalue weighted by Crippen LogP contribution is 2.55. The molecule has 0 amide bonds. The molecule has 0 aromatic heterocycles. The van der Waals surface area contributed by atoms with Gasteiger partial charge in [-0.3, -0.25) is 4.79 Å². The third-order valence-corrected chi connectivity index (χ3v) is 8.63. The maximum atomic E-state index is 12.6. The molecule has 1 aliphatic heterocycles. The molecule has 1 saturated carbocycles. The van der Waals surface area contributed by atoms with E-state index in [1.54, 1.807) is 24.3 Å². The fourth-order valence-electron chi connectivity index (χ4n) is 4.20. The minimum Gasteiger partial charge on any atom is -0.505 e. The molecule has 0 saturated heterocycles. The van der Waals surface area contributed by atoms with E-state index >= 15 is 0 Å². The van der Waals surface area contributed by atoms with Gasteiger partial charge in [-0.2, -0.15) is 0 Å². The summed E-state index contributed by atoms with van der Waals surface area (Å²) in [4.78, 5) is 23.6. The van der Waals surface area contributed by atoms with Crippen LogP contribution in [0.2, 0.25) is 0 Å². The maximum Gasteiger partial charge on any atom is 0.335 e. The number of aromatic hydroxyl groups is 1. The Balaban J connectivity index is 2.00. The van der Waals surface area contributed by atoms with E-state index in [1.165, 1.54) is 0 Å². The topological polar surface area (TPSA) is 83.8 Å². The molecule has 5 atom stereocenters. The zero-order chi connectivity index (χ0) is 21.0. The van der Waals surface area contributed by atoms with Crippen molar-refractivity contribution < 1.29 is 24.5 Å². The van der Waals surface area contributed by atoms with Crippen molar-refractivity contribution in [1.29, 1.82) is 0 Å². The summed E-state index contributed by atoms with van der Waals surface area (Å²) >= 11 is 13.7. The van der Waals surface area contributed by atoms with E-state index in [4.69, 9.17) is 4.74 Å². The van der Waals surface area contributed by atoms with Crippen molar-refractivity contribution in [2.75, 3.05) is 0 Å². The highest BCUT2D eigenvalue weighted by atomic mass is 79.9. The Morgan fingerprint density at radius 1 is 1.14 bits per heavy atom. The van der Waals surface area contributed by atoms with Crippen molar-refractivity contribution in [3.63, 3.8) is 0 Å². The van der Waals surface area contributed by atoms with Crippen molar-refractivity contribution in [1.82, 2.24) is 0 Å². The number of ether oxygens (including phenoxy) is 1. The number of carbonyl (C=O) groups excluding carboxylic acids is 1. The summed E-state index contributed by atoms with van der Waals surface area (Å²) in [5.74, 6) is -1.12. The number of ketones is 1. The van der Waals surface area contributed by atoms with Crippen molar-refractivity contribution in [3.05, 3.63) is 56.0 Å². The molecule has 9 heteroatoms. The van der Waals surface area contributed by atoms with E-state index in [-0.39, 0.29) is 33.8 Å². The zero-order valence-electron chi connectivity index (χ0n) is 14.6. The maximum absolute atomic E-state index is 12.6. The summed E-state index contributed by atoms with van der Waals surface area (Å²) in [6, 6.07) is 8.65. The van der Waals surface area contributed by atoms with Gasteiger partial charge in [-0.15, -0.1) is 0 Å². The van der Waals surface area contributed by atoms with Gasteiger partial charge >= 0.3 is 5.97 Å². The number of benzene rings is 2. The SMILES string of the molecule is O=C(O)c1ccccc1C1c2cc(Br)c(O)c(Br)c2OC2C(Br)C(=O)C(Br)CC12. The lowest BCUT2D eigenvalue weighted by Gasteiger charge is -2.46. The molecule has 0 bridgehead atoms. The van der Waals surface area contributed by atoms with E-state index in [0.717, 1.165) is 5.56 Å². The lowest BCUT2D eigenvalue weighted by Crippen LogP contribution is -2.52. The van der Waals surface area contributed by atoms with Crippen LogP contribution in [0.1, 0.15) is 33.8 Å². The summed E-state index contributed by atoms with van der Waals surface area (Å²) in [5, 5.41) is 20.1. The van der Waals surface area contributed by atoms with Crippen molar-refractivity contribution in [2.24, 2.45) is 5.92 Å². The molecule has 152 valence electrons. The first kappa shape index (κ1) is 21.3. The number of carboxylic acids is 1. The van der Waals surface area contributed by atoms with Gasteiger partial charge in [0.25, 0.3) is 0 Å². The molecule has 5 nitrogen and oxygen atoms in total. The Hall–Kier alpha value is -0.900. The van der Waals surface area contributed by atoms with Crippen LogP contribution in [0.15, 0.2) is 39.3 Å². The highest BCUT2D eigenvalue weighted by Gasteiger charge is 2.51. The second-order valence-corrected chi connectivity index (χ2v) is 10.8. The number of alkyl halides is 2. The van der Waals surface area contributed by atoms with Crippen LogP contribution >= 0.6 is 63.7 Å². The third kappa shape index (κ3) is 3.47. The monoisotopic (exact) mass is 650 g/mol. The normalized spacial score (nSPS) is 28.3. The molecule has 2 aromatic carbocycles. The molecule has 5 unspecified atom stereocenters. The molecular weight excluding hydrogens is 640 g/mol. The molecule has 0 spiro atoms. The predicted octanol–water partition coefficient (Wildman–Crippen LogP) is 5.62. The molecule has 2 N–H and O–H groups in total. The van der Waals surface area contributed by atoms with Crippen LogP contribution in [0.25, 0.3) is 0 Å². The number of carbonyl (C=O) groups is 2. The average molecular weight is 654 g/mol. The average Bonchev–Trinajstić information content (AvgIpc) is 2.69. The number of phenolic OH excluding ortho intramolecular Hbond substituents is 1. The van der Waals surface area contributed by atoms with E-state index in [2.05, 4.69) is 63.7 Å². The number of hydrogen-bond acceptors (Lipinski definition) is 4. The van der Waals surface area contributed by atoms with Crippen LogP contribution < -0.4 is 4.74 Å². The number of carboxylic acid groups (broad SMARTS) is 1. The van der Waals surface area contributed by atoms with E-state index in [1.807, 2.05) is 6.07 Å². The van der Waals surface area contributed by atoms with E-state index in [0.29, 0.717) is 26.7 Å². The molecule has 1 aliphatic carbocycles. The third-order valence-electron chi connectivity index (χ3n) is 5.49. The Morgan fingerprint density at radius 3 is 2.52 bits per heavy atom. The molecule has 4 rings (SSSR count). The van der Waals surface area contributed by atoms with Gasteiger partial charge < -0.3 is 14.9 Å². The first-order valence-electron chi connectivity index (χ1n) is 8.74. The van der Waals surface area contributed by atoms with Gasteiger partial charge in [0.05, 0.1) is 14.9 Å². The van der Waals surface area contributed by atoms with Crippen molar-refractivity contribution in [3.8, 4) is 11.5 Å². The number of Topliss-reactive ketones (excluding diaryl/α,β-unsaturated/α-hetero) is 1. The molecule has 29 heavy (non-hydrogen) atoms. The smallest absolute Gasteiger partial charge is 0.335 e. The van der Waals surface area contributed by atoms with Gasteiger partial charge in [0, 0.05) is 17.4 Å². The van der Waals surface area contributed by atoms with Gasteiger partial charge in [0.1, 0.15) is 26.9 Å². The molecule has 0 radical (unpaired) electrons. The van der Waals surface area contributed by atoms with E-state index in [9.17, 15) is 19.8 Å². The number of hydrogen-bond donors (Lipinski definition) is 2. The Morgan fingerprint density at radius 2 is 1.83 bits per heavy atom. The number of halogens is 4. The van der Waals surface area contributed by atoms with Crippen LogP contribution in [0.3, 0.4) is 0 Å². The van der Waals surface area contributed by atoms with Crippen LogP contribution in [-0.4, -0.2) is 37.7 Å². The zero-order valence-corrected chi connectivity index (χ0v) is 21.0. The number of phenols is 1. The van der Waals surface area contributed by atoms with Crippen LogP contribution in [0, 0.1) is 5.92 Å². The Bertz CT molecular complexity index is 1020. The predicted molar refractivity (Wildman–Crippen MR) is 122 cm³/mol. The second-order valence-electron chi connectivity index (χ2n) is 7.06. The van der Waals surface area contributed by atoms with Gasteiger partial charge in [-0.05, 0) is 56.0 Å². The fraction of sp³-hybridized carbons (Fsp3) is 0.300. The molecular formula is C20H14Br4O5. The number of rotatable bonds is 2. The number of fused-ring (bicyclic) bond motifs is 2. The van der Waals surface area contributed by atoms with Gasteiger partial charge in [-0.25, -0.2) is 4.79 Å². The second kappa shape index (κ2) is 7.98. The molecule has 1 fully saturated rings. The Labute approximate surface area is 200 Å². The first-order chi connectivity index (χ1) is 13.7. The Kier molecular flexibility index (Phi) is 5.87. The van der Waals surface area contributed by atoms with Crippen molar-refractivity contribution >= 4 is 75.5 Å². The summed E-state index contributed by atoms with van der Waals surface area (Å²) < 4.78 is 7.06. The minimum atomic E-state index is -1.01. The molecule has 2 aromatic rings. The van der Waals surface area contributed by atoms with Crippen LogP contribution in [-0.2, 0) is 4.79 Å². The summed E-state index contributed by atoms with van der Waals surface area (Å²) in [6.07, 6.45) is -0.00714. The summed E-state index contributed by atoms with van der Waals surface area (Å²) in [6.45, 7) is 0. The molecule has 2 aliphatic rings. The summed E-state index contributed by atoms with van der Waals surface area (Å²) in [5.41, 5.74) is 1.61. The van der Waals surface area contributed by atoms with Crippen molar-refractivity contribution in [2.45, 2.75) is 28.1 Å². The van der Waals surface area contributed by atoms with Gasteiger partial charge in [0.15, 0.2) is 5.78 Å². The lowest BCUT2D eigenvalue weighted by atomic mass is 9.69. The lowest BCUT2D eigenvalue weighted by molar-refractivity contribution is -0.122. The minimum absolute atomic E-state index is 0.0147. The molecule has 1 heterocycles. The summed E-state index contributed by atoms with van der Waals surface area (Å²) in [7, 11) is 0. The van der Waals surface area contributed by atoms with Crippen LogP contribution in [0.4, 0.5) is 0 Å². The van der Waals surface area contributed by atoms with Gasteiger partial charge in [-0.1, -0.05) is 50.1 Å². The highest BCUT2D eigenvalue weighted by molar-refractivity contribution is 9.11. The van der Waals surface area contributed by atoms with E-state index < -0.39 is 16.9 Å². The number of aromatic carboxylic acids is 1. The quantitative estimate of drug-likeness (QED) is 0.411. The largest absolute Gasteiger partial charge is 0.505 e. The van der Waals surface area contributed by atoms with Gasteiger partial charge in [0.2, 0.25) is 0 Å².